The molecule has 0 N–H and O–H groups in total. The van der Waals surface area contributed by atoms with E-state index < -0.39 is 16.1 Å². The van der Waals surface area contributed by atoms with Gasteiger partial charge >= 0.3 is 0 Å². The van der Waals surface area contributed by atoms with Gasteiger partial charge in [0.15, 0.2) is 0 Å². The molecule has 1 aliphatic carbocycles. The monoisotopic (exact) mass is 249 g/mol. The van der Waals surface area contributed by atoms with Crippen LogP contribution in [0.1, 0.15) is 0 Å². The van der Waals surface area contributed by atoms with E-state index in [1.165, 1.54) is 0 Å². The Morgan fingerprint density at radius 3 is 1.94 bits per heavy atom. The number of allylic oxidation sites excluding steroid dienone is 4. The van der Waals surface area contributed by atoms with E-state index in [4.69, 9.17) is 0 Å². The van der Waals surface area contributed by atoms with E-state index in [0.717, 1.165) is 0 Å². The highest BCUT2D eigenvalue weighted by Crippen LogP contribution is 2.55. The van der Waals surface area contributed by atoms with Crippen molar-refractivity contribution in [2.24, 2.45) is 0 Å². The lowest BCUT2D eigenvalue weighted by molar-refractivity contribution is 0.790. The van der Waals surface area contributed by atoms with Crippen LogP contribution in [0.3, 0.4) is 0 Å². The van der Waals surface area contributed by atoms with E-state index in [-0.39, 0.29) is 5.04 Å². The van der Waals surface area contributed by atoms with Crippen molar-refractivity contribution in [3.8, 4) is 6.07 Å². The van der Waals surface area contributed by atoms with Crippen LogP contribution in [0.15, 0.2) is 24.3 Å². The number of hydrogen-bond acceptors (Lipinski definition) is 1. The van der Waals surface area contributed by atoms with Crippen LogP contribution >= 0.6 is 0 Å². The van der Waals surface area contributed by atoms with Crippen LogP contribution in [0.2, 0.25) is 49.9 Å². The highest BCUT2D eigenvalue weighted by atomic mass is 28.3. The second-order valence-corrected chi connectivity index (χ2v) is 17.5. The third-order valence-electron chi connectivity index (χ3n) is 3.62. The molecule has 0 heterocycles. The maximum absolute atomic E-state index is 9.73. The molecular weight excluding hydrogens is 226 g/mol. The zero-order chi connectivity index (χ0) is 12.6. The Bertz CT molecular complexity index is 363. The highest BCUT2D eigenvalue weighted by molar-refractivity contribution is 6.86. The van der Waals surface area contributed by atoms with Crippen molar-refractivity contribution < 1.29 is 0 Å². The van der Waals surface area contributed by atoms with Crippen LogP contribution < -0.4 is 0 Å². The number of nitriles is 1. The summed E-state index contributed by atoms with van der Waals surface area (Å²) in [7, 11) is -2.89. The standard InChI is InChI=1S/C13H23NSi2/c1-15(2,3)12-9-7-8-10-13(12,11-14)16(4,5)6/h7-10,12H,1-6H3. The molecule has 0 saturated heterocycles. The fourth-order valence-electron chi connectivity index (χ4n) is 2.60. The summed E-state index contributed by atoms with van der Waals surface area (Å²) in [6.07, 6.45) is 8.66. The summed E-state index contributed by atoms with van der Waals surface area (Å²) in [5.41, 5.74) is 0.460. The van der Waals surface area contributed by atoms with E-state index in [1.54, 1.807) is 0 Å². The predicted octanol–water partition coefficient (Wildman–Crippen LogP) is 4.42. The minimum atomic E-state index is -1.54. The first-order valence-electron chi connectivity index (χ1n) is 5.92. The Hall–Kier alpha value is -0.596. The summed E-state index contributed by atoms with van der Waals surface area (Å²) < 4.78 is 0. The van der Waals surface area contributed by atoms with Crippen LogP contribution in [-0.4, -0.2) is 16.1 Å². The molecule has 0 aromatic carbocycles. The Morgan fingerprint density at radius 1 is 1.06 bits per heavy atom. The topological polar surface area (TPSA) is 23.8 Å². The average molecular weight is 250 g/mol. The molecule has 0 aliphatic heterocycles. The van der Waals surface area contributed by atoms with Crippen molar-refractivity contribution >= 4 is 16.1 Å². The molecule has 0 saturated carbocycles. The summed E-state index contributed by atoms with van der Waals surface area (Å²) in [4.78, 5) is 0. The van der Waals surface area contributed by atoms with Crippen molar-refractivity contribution in [1.29, 1.82) is 5.26 Å². The van der Waals surface area contributed by atoms with Crippen molar-refractivity contribution in [2.75, 3.05) is 0 Å². The van der Waals surface area contributed by atoms with Gasteiger partial charge in [0.2, 0.25) is 0 Å². The van der Waals surface area contributed by atoms with Gasteiger partial charge in [0.1, 0.15) is 0 Å². The van der Waals surface area contributed by atoms with Gasteiger partial charge in [0.25, 0.3) is 0 Å². The first-order valence-corrected chi connectivity index (χ1v) is 13.0. The Labute approximate surface area is 102 Å². The van der Waals surface area contributed by atoms with Crippen molar-refractivity contribution in [3.63, 3.8) is 0 Å². The lowest BCUT2D eigenvalue weighted by Gasteiger charge is -2.46. The molecule has 88 valence electrons. The van der Waals surface area contributed by atoms with Gasteiger partial charge in [0.05, 0.1) is 27.3 Å². The fraction of sp³-hybridized carbons (Fsp3) is 0.615. The van der Waals surface area contributed by atoms with E-state index in [0.29, 0.717) is 5.54 Å². The maximum atomic E-state index is 9.73. The third-order valence-corrected chi connectivity index (χ3v) is 9.50. The van der Waals surface area contributed by atoms with E-state index in [1.807, 2.05) is 0 Å². The Morgan fingerprint density at radius 2 is 1.62 bits per heavy atom. The summed E-state index contributed by atoms with van der Waals surface area (Å²) in [6.45, 7) is 14.0. The van der Waals surface area contributed by atoms with Gasteiger partial charge in [-0.15, -0.1) is 0 Å². The minimum absolute atomic E-state index is 0.202. The molecule has 3 heteroatoms. The lowest BCUT2D eigenvalue weighted by Crippen LogP contribution is -2.47. The molecule has 16 heavy (non-hydrogen) atoms. The molecule has 0 fully saturated rings. The molecule has 2 unspecified atom stereocenters. The molecule has 1 rings (SSSR count). The first kappa shape index (κ1) is 13.5. The van der Waals surface area contributed by atoms with Gasteiger partial charge in [-0.1, -0.05) is 63.6 Å². The molecular formula is C13H23NSi2. The van der Waals surface area contributed by atoms with Crippen LogP contribution in [0, 0.1) is 11.3 Å². The normalized spacial score (nSPS) is 30.2. The number of nitrogens with zero attached hydrogens (tertiary/aromatic N) is 1. The van der Waals surface area contributed by atoms with Crippen molar-refractivity contribution in [3.05, 3.63) is 24.3 Å². The summed E-state index contributed by atoms with van der Waals surface area (Å²) in [6, 6.07) is 2.67. The van der Waals surface area contributed by atoms with Crippen LogP contribution in [0.5, 0.6) is 0 Å². The van der Waals surface area contributed by atoms with E-state index in [9.17, 15) is 5.26 Å². The van der Waals surface area contributed by atoms with Gasteiger partial charge in [-0.2, -0.15) is 5.26 Å². The smallest absolute Gasteiger partial charge is 0.0731 e. The first-order chi connectivity index (χ1) is 7.15. The summed E-state index contributed by atoms with van der Waals surface area (Å²) in [5.74, 6) is 0. The quantitative estimate of drug-likeness (QED) is 0.665. The fourth-order valence-corrected chi connectivity index (χ4v) is 9.37. The number of rotatable bonds is 2. The van der Waals surface area contributed by atoms with Crippen molar-refractivity contribution in [2.45, 2.75) is 49.9 Å². The summed E-state index contributed by atoms with van der Waals surface area (Å²) in [5, 5.41) is 9.53. The maximum Gasteiger partial charge on any atom is 0.0731 e. The van der Waals surface area contributed by atoms with Crippen molar-refractivity contribution in [1.82, 2.24) is 0 Å². The Balaban J connectivity index is 3.33. The van der Waals surface area contributed by atoms with Crippen LogP contribution in [-0.2, 0) is 0 Å². The molecule has 0 radical (unpaired) electrons. The third kappa shape index (κ3) is 2.09. The van der Waals surface area contributed by atoms with Gasteiger partial charge < -0.3 is 0 Å². The molecule has 1 nitrogen and oxygen atoms in total. The van der Waals surface area contributed by atoms with Gasteiger partial charge in [0, 0.05) is 0 Å². The molecule has 0 amide bonds. The zero-order valence-corrected chi connectivity index (χ0v) is 13.3. The van der Waals surface area contributed by atoms with Gasteiger partial charge in [-0.3, -0.25) is 0 Å². The second kappa shape index (κ2) is 4.01. The molecule has 1 aliphatic rings. The summed E-state index contributed by atoms with van der Waals surface area (Å²) >= 11 is 0. The minimum Gasteiger partial charge on any atom is -0.198 e. The molecule has 0 aromatic heterocycles. The SMILES string of the molecule is C[Si](C)(C)C1C=CC=CC1(C#N)[Si](C)(C)C. The zero-order valence-electron chi connectivity index (χ0n) is 11.3. The van der Waals surface area contributed by atoms with Crippen LogP contribution in [0.25, 0.3) is 0 Å². The molecule has 0 spiro atoms. The predicted molar refractivity (Wildman–Crippen MR) is 77.0 cm³/mol. The lowest BCUT2D eigenvalue weighted by atomic mass is 10.0. The van der Waals surface area contributed by atoms with Gasteiger partial charge in [-0.05, 0) is 5.54 Å². The van der Waals surface area contributed by atoms with Crippen LogP contribution in [0.4, 0.5) is 0 Å². The molecule has 2 atom stereocenters. The molecule has 0 aromatic rings. The average Bonchev–Trinajstić information content (AvgIpc) is 2.14. The second-order valence-electron chi connectivity index (χ2n) is 6.82. The highest BCUT2D eigenvalue weighted by Gasteiger charge is 2.51. The largest absolute Gasteiger partial charge is 0.198 e. The van der Waals surface area contributed by atoms with E-state index >= 15 is 0 Å². The number of hydrogen-bond donors (Lipinski definition) is 0. The van der Waals surface area contributed by atoms with Gasteiger partial charge in [-0.25, -0.2) is 0 Å². The Kier molecular flexibility index (Phi) is 3.38. The molecule has 0 bridgehead atoms. The van der Waals surface area contributed by atoms with E-state index in [2.05, 4.69) is 69.7 Å².